The van der Waals surface area contributed by atoms with E-state index in [1.54, 1.807) is 7.11 Å². The number of ether oxygens (including phenoxy) is 2. The summed E-state index contributed by atoms with van der Waals surface area (Å²) in [5.41, 5.74) is 3.07. The molecule has 0 unspecified atom stereocenters. The van der Waals surface area contributed by atoms with Crippen molar-refractivity contribution in [1.29, 1.82) is 0 Å². The highest BCUT2D eigenvalue weighted by molar-refractivity contribution is 6.28. The van der Waals surface area contributed by atoms with Crippen LogP contribution in [0.2, 0.25) is 5.28 Å². The Morgan fingerprint density at radius 3 is 2.36 bits per heavy atom. The fraction of sp³-hybridized carbons (Fsp3) is 0.286. The number of hydrogen-bond donors (Lipinski definition) is 1. The van der Waals surface area contributed by atoms with Crippen molar-refractivity contribution >= 4 is 23.2 Å². The average molecular weight is 399 g/mol. The standard InChI is InChI=1S/C21H23ClN4O2/c1-21(2,3)15-9-11-16(12-10-15)23-19-24-18(22)25-20(26-19)28-13-14-7-5-6-8-17(14)27-4/h5-12H,13H2,1-4H3,(H,23,24,25,26). The summed E-state index contributed by atoms with van der Waals surface area (Å²) < 4.78 is 11.0. The maximum Gasteiger partial charge on any atom is 0.322 e. The molecule has 3 rings (SSSR count). The van der Waals surface area contributed by atoms with E-state index in [0.29, 0.717) is 5.95 Å². The van der Waals surface area contributed by atoms with E-state index in [1.807, 2.05) is 36.4 Å². The Morgan fingerprint density at radius 1 is 0.964 bits per heavy atom. The van der Waals surface area contributed by atoms with E-state index in [1.165, 1.54) is 5.56 Å². The van der Waals surface area contributed by atoms with Crippen LogP contribution in [0.3, 0.4) is 0 Å². The molecule has 3 aromatic rings. The highest BCUT2D eigenvalue weighted by Crippen LogP contribution is 2.25. The highest BCUT2D eigenvalue weighted by atomic mass is 35.5. The second kappa shape index (κ2) is 8.44. The van der Waals surface area contributed by atoms with Gasteiger partial charge >= 0.3 is 6.01 Å². The van der Waals surface area contributed by atoms with Gasteiger partial charge in [-0.1, -0.05) is 51.1 Å². The normalized spacial score (nSPS) is 11.2. The van der Waals surface area contributed by atoms with E-state index >= 15 is 0 Å². The van der Waals surface area contributed by atoms with E-state index in [-0.39, 0.29) is 23.3 Å². The highest BCUT2D eigenvalue weighted by Gasteiger charge is 2.13. The van der Waals surface area contributed by atoms with E-state index in [2.05, 4.69) is 53.2 Å². The first-order valence-corrected chi connectivity index (χ1v) is 9.27. The van der Waals surface area contributed by atoms with Crippen LogP contribution in [0.15, 0.2) is 48.5 Å². The van der Waals surface area contributed by atoms with Crippen molar-refractivity contribution in [2.75, 3.05) is 12.4 Å². The molecule has 1 N–H and O–H groups in total. The molecular formula is C21H23ClN4O2. The summed E-state index contributed by atoms with van der Waals surface area (Å²) in [4.78, 5) is 12.4. The number of benzene rings is 2. The molecule has 1 heterocycles. The molecule has 7 heteroatoms. The molecule has 0 fully saturated rings. The van der Waals surface area contributed by atoms with Gasteiger partial charge in [-0.15, -0.1) is 0 Å². The lowest BCUT2D eigenvalue weighted by Gasteiger charge is -2.19. The topological polar surface area (TPSA) is 69.2 Å². The first-order valence-electron chi connectivity index (χ1n) is 8.89. The van der Waals surface area contributed by atoms with Crippen LogP contribution in [-0.2, 0) is 12.0 Å². The number of anilines is 2. The minimum absolute atomic E-state index is 0.0545. The maximum atomic E-state index is 6.03. The molecule has 6 nitrogen and oxygen atoms in total. The molecule has 146 valence electrons. The number of halogens is 1. The summed E-state index contributed by atoms with van der Waals surface area (Å²) in [6, 6.07) is 15.8. The molecule has 0 saturated heterocycles. The van der Waals surface area contributed by atoms with Crippen LogP contribution in [0.4, 0.5) is 11.6 Å². The van der Waals surface area contributed by atoms with Gasteiger partial charge < -0.3 is 14.8 Å². The number of aromatic nitrogens is 3. The van der Waals surface area contributed by atoms with Crippen molar-refractivity contribution in [3.63, 3.8) is 0 Å². The van der Waals surface area contributed by atoms with Gasteiger partial charge in [0.1, 0.15) is 12.4 Å². The van der Waals surface area contributed by atoms with Crippen molar-refractivity contribution in [1.82, 2.24) is 15.0 Å². The van der Waals surface area contributed by atoms with Gasteiger partial charge in [-0.25, -0.2) is 0 Å². The van der Waals surface area contributed by atoms with Crippen LogP contribution in [-0.4, -0.2) is 22.1 Å². The predicted octanol–water partition coefficient (Wildman–Crippen LogP) is 5.15. The Hall–Kier alpha value is -2.86. The lowest BCUT2D eigenvalue weighted by Crippen LogP contribution is -2.10. The largest absolute Gasteiger partial charge is 0.496 e. The van der Waals surface area contributed by atoms with E-state index < -0.39 is 0 Å². The Bertz CT molecular complexity index is 940. The van der Waals surface area contributed by atoms with Crippen molar-refractivity contribution in [2.45, 2.75) is 32.8 Å². The quantitative estimate of drug-likeness (QED) is 0.619. The van der Waals surface area contributed by atoms with Crippen molar-refractivity contribution < 1.29 is 9.47 Å². The van der Waals surface area contributed by atoms with E-state index in [0.717, 1.165) is 17.0 Å². The van der Waals surface area contributed by atoms with Gasteiger partial charge in [0.25, 0.3) is 0 Å². The minimum Gasteiger partial charge on any atom is -0.496 e. The fourth-order valence-electron chi connectivity index (χ4n) is 2.60. The fourth-order valence-corrected chi connectivity index (χ4v) is 2.75. The van der Waals surface area contributed by atoms with Gasteiger partial charge in [0.15, 0.2) is 0 Å². The number of para-hydroxylation sites is 1. The molecular weight excluding hydrogens is 376 g/mol. The van der Waals surface area contributed by atoms with Gasteiger partial charge in [0.05, 0.1) is 7.11 Å². The molecule has 0 aliphatic rings. The summed E-state index contributed by atoms with van der Waals surface area (Å²) in [6.45, 7) is 6.77. The lowest BCUT2D eigenvalue weighted by atomic mass is 9.87. The third-order valence-electron chi connectivity index (χ3n) is 4.14. The molecule has 2 aromatic carbocycles. The first kappa shape index (κ1) is 19.9. The monoisotopic (exact) mass is 398 g/mol. The SMILES string of the molecule is COc1ccccc1COc1nc(Cl)nc(Nc2ccc(C(C)(C)C)cc2)n1. The average Bonchev–Trinajstić information content (AvgIpc) is 2.66. The van der Waals surface area contributed by atoms with Crippen molar-refractivity contribution in [3.05, 3.63) is 64.9 Å². The Labute approximate surface area is 169 Å². The van der Waals surface area contributed by atoms with Gasteiger partial charge in [0, 0.05) is 11.3 Å². The number of nitrogens with one attached hydrogen (secondary N) is 1. The molecule has 28 heavy (non-hydrogen) atoms. The molecule has 0 aliphatic heterocycles. The molecule has 0 saturated carbocycles. The summed E-state index contributed by atoms with van der Waals surface area (Å²) in [6.07, 6.45) is 0. The van der Waals surface area contributed by atoms with Crippen LogP contribution in [0, 0.1) is 0 Å². The summed E-state index contributed by atoms with van der Waals surface area (Å²) in [7, 11) is 1.62. The van der Waals surface area contributed by atoms with Crippen molar-refractivity contribution in [2.24, 2.45) is 0 Å². The third-order valence-corrected chi connectivity index (χ3v) is 4.31. The minimum atomic E-state index is 0.0545. The Morgan fingerprint density at radius 2 is 1.68 bits per heavy atom. The van der Waals surface area contributed by atoms with Crippen LogP contribution in [0.5, 0.6) is 11.8 Å². The smallest absolute Gasteiger partial charge is 0.322 e. The van der Waals surface area contributed by atoms with Crippen molar-refractivity contribution in [3.8, 4) is 11.8 Å². The maximum absolute atomic E-state index is 6.03. The molecule has 0 bridgehead atoms. The van der Waals surface area contributed by atoms with Crippen LogP contribution < -0.4 is 14.8 Å². The first-order chi connectivity index (χ1) is 13.3. The number of hydrogen-bond acceptors (Lipinski definition) is 6. The second-order valence-electron chi connectivity index (χ2n) is 7.26. The van der Waals surface area contributed by atoms with Crippen LogP contribution in [0.25, 0.3) is 0 Å². The molecule has 0 aliphatic carbocycles. The predicted molar refractivity (Wildman–Crippen MR) is 111 cm³/mol. The summed E-state index contributed by atoms with van der Waals surface area (Å²) in [5.74, 6) is 1.05. The van der Waals surface area contributed by atoms with Crippen LogP contribution in [0.1, 0.15) is 31.9 Å². The second-order valence-corrected chi connectivity index (χ2v) is 7.60. The Kier molecular flexibility index (Phi) is 5.99. The number of nitrogens with zero attached hydrogens (tertiary/aromatic N) is 3. The number of rotatable bonds is 6. The molecule has 0 atom stereocenters. The lowest BCUT2D eigenvalue weighted by molar-refractivity contribution is 0.273. The van der Waals surface area contributed by atoms with Gasteiger partial charge in [-0.3, -0.25) is 0 Å². The van der Waals surface area contributed by atoms with Gasteiger partial charge in [0.2, 0.25) is 11.2 Å². The molecule has 0 amide bonds. The molecule has 0 spiro atoms. The zero-order chi connectivity index (χ0) is 20.1. The third kappa shape index (κ3) is 5.10. The van der Waals surface area contributed by atoms with E-state index in [4.69, 9.17) is 21.1 Å². The zero-order valence-corrected chi connectivity index (χ0v) is 17.1. The molecule has 1 aromatic heterocycles. The van der Waals surface area contributed by atoms with E-state index in [9.17, 15) is 0 Å². The van der Waals surface area contributed by atoms with Gasteiger partial charge in [-0.05, 0) is 40.8 Å². The van der Waals surface area contributed by atoms with Crippen LogP contribution >= 0.6 is 11.6 Å². The Balaban J connectivity index is 1.72. The summed E-state index contributed by atoms with van der Waals surface area (Å²) in [5, 5.41) is 3.19. The van der Waals surface area contributed by atoms with Gasteiger partial charge in [-0.2, -0.15) is 15.0 Å². The zero-order valence-electron chi connectivity index (χ0n) is 16.4. The number of methoxy groups -OCH3 is 1. The summed E-state index contributed by atoms with van der Waals surface area (Å²) >= 11 is 6.03. The molecule has 0 radical (unpaired) electrons.